The summed E-state index contributed by atoms with van der Waals surface area (Å²) in [6.07, 6.45) is 1.07. The van der Waals surface area contributed by atoms with E-state index in [9.17, 15) is 4.79 Å². The number of thioether (sulfide) groups is 2. The smallest absolute Gasteiger partial charge is 0.234 e. The standard InChI is InChI=1S/C20H25N3OS2/c1-6-15-13(4)26-20-18(15)19(21-14(5)22-20)25-10-17(24)23-16-9-11(2)7-8-12(16)3/h7-9,13,15H,6,10H2,1-5H3,(H,23,24)/t13-,15-/m0/s1. The molecule has 138 valence electrons. The second-order valence-electron chi connectivity index (χ2n) is 6.79. The fourth-order valence-electron chi connectivity index (χ4n) is 3.27. The van der Waals surface area contributed by atoms with E-state index in [-0.39, 0.29) is 5.91 Å². The molecule has 1 aromatic heterocycles. The van der Waals surface area contributed by atoms with Gasteiger partial charge in [0.15, 0.2) is 0 Å². The van der Waals surface area contributed by atoms with Crippen LogP contribution >= 0.6 is 23.5 Å². The van der Waals surface area contributed by atoms with E-state index in [0.29, 0.717) is 16.9 Å². The Labute approximate surface area is 164 Å². The third kappa shape index (κ3) is 4.07. The predicted octanol–water partition coefficient (Wildman–Crippen LogP) is 5.12. The summed E-state index contributed by atoms with van der Waals surface area (Å²) < 4.78 is 0. The summed E-state index contributed by atoms with van der Waals surface area (Å²) in [5.74, 6) is 1.59. The number of carbonyl (C=O) groups excluding carboxylic acids is 1. The number of nitrogens with zero attached hydrogens (tertiary/aromatic N) is 2. The Balaban J connectivity index is 1.74. The lowest BCUT2D eigenvalue weighted by atomic mass is 9.96. The number of nitrogens with one attached hydrogen (secondary N) is 1. The number of aryl methyl sites for hydroxylation is 3. The molecular formula is C20H25N3OS2. The predicted molar refractivity (Wildman–Crippen MR) is 110 cm³/mol. The van der Waals surface area contributed by atoms with Gasteiger partial charge in [0.25, 0.3) is 0 Å². The van der Waals surface area contributed by atoms with Gasteiger partial charge >= 0.3 is 0 Å². The molecule has 1 amide bonds. The summed E-state index contributed by atoms with van der Waals surface area (Å²) >= 11 is 3.35. The van der Waals surface area contributed by atoms with Crippen molar-refractivity contribution in [3.63, 3.8) is 0 Å². The molecule has 0 spiro atoms. The van der Waals surface area contributed by atoms with Crippen molar-refractivity contribution in [1.82, 2.24) is 9.97 Å². The summed E-state index contributed by atoms with van der Waals surface area (Å²) in [6, 6.07) is 6.09. The van der Waals surface area contributed by atoms with Gasteiger partial charge in [-0.1, -0.05) is 37.7 Å². The Hall–Kier alpha value is -1.53. The Morgan fingerprint density at radius 1 is 1.27 bits per heavy atom. The number of carbonyl (C=O) groups is 1. The zero-order chi connectivity index (χ0) is 18.8. The fraction of sp³-hybridized carbons (Fsp3) is 0.450. The summed E-state index contributed by atoms with van der Waals surface area (Å²) in [5, 5.41) is 5.59. The molecule has 1 aliphatic rings. The molecule has 1 aromatic carbocycles. The van der Waals surface area contributed by atoms with Crippen molar-refractivity contribution in [2.45, 2.75) is 62.3 Å². The van der Waals surface area contributed by atoms with E-state index in [1.165, 1.54) is 17.3 Å². The lowest BCUT2D eigenvalue weighted by Gasteiger charge is -2.15. The molecule has 1 aliphatic heterocycles. The maximum absolute atomic E-state index is 12.5. The van der Waals surface area contributed by atoms with Crippen molar-refractivity contribution in [3.05, 3.63) is 40.7 Å². The number of fused-ring (bicyclic) bond motifs is 1. The van der Waals surface area contributed by atoms with Crippen LogP contribution in [0, 0.1) is 20.8 Å². The summed E-state index contributed by atoms with van der Waals surface area (Å²) in [4.78, 5) is 21.7. The van der Waals surface area contributed by atoms with Gasteiger partial charge in [-0.3, -0.25) is 4.79 Å². The van der Waals surface area contributed by atoms with Gasteiger partial charge in [0.1, 0.15) is 15.9 Å². The summed E-state index contributed by atoms with van der Waals surface area (Å²) in [6.45, 7) is 10.4. The Bertz CT molecular complexity index is 838. The lowest BCUT2D eigenvalue weighted by molar-refractivity contribution is -0.113. The minimum Gasteiger partial charge on any atom is -0.325 e. The average molecular weight is 388 g/mol. The van der Waals surface area contributed by atoms with E-state index < -0.39 is 0 Å². The third-order valence-corrected chi connectivity index (χ3v) is 6.90. The van der Waals surface area contributed by atoms with Crippen molar-refractivity contribution < 1.29 is 4.79 Å². The first-order valence-corrected chi connectivity index (χ1v) is 10.8. The molecule has 2 atom stereocenters. The highest BCUT2D eigenvalue weighted by molar-refractivity contribution is 8.01. The van der Waals surface area contributed by atoms with Gasteiger partial charge in [-0.2, -0.15) is 0 Å². The highest BCUT2D eigenvalue weighted by Crippen LogP contribution is 2.48. The van der Waals surface area contributed by atoms with E-state index in [4.69, 9.17) is 0 Å². The van der Waals surface area contributed by atoms with Crippen molar-refractivity contribution in [3.8, 4) is 0 Å². The van der Waals surface area contributed by atoms with Crippen LogP contribution in [0.15, 0.2) is 28.3 Å². The van der Waals surface area contributed by atoms with Crippen LogP contribution < -0.4 is 5.32 Å². The molecular weight excluding hydrogens is 362 g/mol. The van der Waals surface area contributed by atoms with Crippen molar-refractivity contribution >= 4 is 35.1 Å². The molecule has 0 saturated heterocycles. The van der Waals surface area contributed by atoms with E-state index in [2.05, 4.69) is 35.2 Å². The minimum atomic E-state index is 0.000428. The number of rotatable bonds is 5. The number of hydrogen-bond acceptors (Lipinski definition) is 5. The number of hydrogen-bond donors (Lipinski definition) is 1. The zero-order valence-electron chi connectivity index (χ0n) is 15.9. The molecule has 26 heavy (non-hydrogen) atoms. The first-order valence-electron chi connectivity index (χ1n) is 8.94. The van der Waals surface area contributed by atoms with Gasteiger partial charge in [-0.15, -0.1) is 11.8 Å². The van der Waals surface area contributed by atoms with E-state index in [0.717, 1.165) is 39.1 Å². The van der Waals surface area contributed by atoms with Gasteiger partial charge in [0, 0.05) is 22.4 Å². The molecule has 6 heteroatoms. The largest absolute Gasteiger partial charge is 0.325 e. The number of benzene rings is 1. The molecule has 1 N–H and O–H groups in total. The molecule has 3 rings (SSSR count). The maximum atomic E-state index is 12.5. The van der Waals surface area contributed by atoms with E-state index >= 15 is 0 Å². The summed E-state index contributed by atoms with van der Waals surface area (Å²) in [5.41, 5.74) is 4.33. The molecule has 0 fully saturated rings. The molecule has 0 saturated carbocycles. The molecule has 0 aliphatic carbocycles. The Morgan fingerprint density at radius 2 is 2.04 bits per heavy atom. The van der Waals surface area contributed by atoms with Crippen LogP contribution in [0.3, 0.4) is 0 Å². The number of aromatic nitrogens is 2. The highest BCUT2D eigenvalue weighted by Gasteiger charge is 2.33. The third-order valence-electron chi connectivity index (χ3n) is 4.67. The van der Waals surface area contributed by atoms with E-state index in [1.54, 1.807) is 0 Å². The highest BCUT2D eigenvalue weighted by atomic mass is 32.2. The van der Waals surface area contributed by atoms with Crippen LogP contribution in [-0.4, -0.2) is 26.9 Å². The van der Waals surface area contributed by atoms with Crippen LogP contribution in [0.25, 0.3) is 0 Å². The zero-order valence-corrected chi connectivity index (χ0v) is 17.6. The van der Waals surface area contributed by atoms with Crippen molar-refractivity contribution in [2.24, 2.45) is 0 Å². The monoisotopic (exact) mass is 387 g/mol. The second kappa shape index (κ2) is 8.01. The Morgan fingerprint density at radius 3 is 2.77 bits per heavy atom. The van der Waals surface area contributed by atoms with Crippen LogP contribution in [0.5, 0.6) is 0 Å². The minimum absolute atomic E-state index is 0.000428. The average Bonchev–Trinajstić information content (AvgIpc) is 2.90. The van der Waals surface area contributed by atoms with Crippen LogP contribution in [0.2, 0.25) is 0 Å². The SMILES string of the molecule is CC[C@@H]1c2c(SCC(=O)Nc3cc(C)ccc3C)nc(C)nc2S[C@H]1C. The first kappa shape index (κ1) is 19.2. The second-order valence-corrected chi connectivity index (χ2v) is 9.12. The molecule has 0 radical (unpaired) electrons. The van der Waals surface area contributed by atoms with Gasteiger partial charge in [0.2, 0.25) is 5.91 Å². The number of anilines is 1. The topological polar surface area (TPSA) is 54.9 Å². The Kier molecular flexibility index (Phi) is 5.92. The maximum Gasteiger partial charge on any atom is 0.234 e. The van der Waals surface area contributed by atoms with Gasteiger partial charge in [-0.25, -0.2) is 9.97 Å². The van der Waals surface area contributed by atoms with Crippen LogP contribution in [0.1, 0.15) is 48.7 Å². The van der Waals surface area contributed by atoms with Crippen molar-refractivity contribution in [2.75, 3.05) is 11.1 Å². The summed E-state index contributed by atoms with van der Waals surface area (Å²) in [7, 11) is 0. The normalized spacial score (nSPS) is 18.7. The molecule has 2 heterocycles. The first-order chi connectivity index (χ1) is 12.4. The molecule has 2 aromatic rings. The molecule has 4 nitrogen and oxygen atoms in total. The quantitative estimate of drug-likeness (QED) is 0.570. The van der Waals surface area contributed by atoms with E-state index in [1.807, 2.05) is 44.7 Å². The van der Waals surface area contributed by atoms with Crippen LogP contribution in [-0.2, 0) is 4.79 Å². The van der Waals surface area contributed by atoms with Gasteiger partial charge < -0.3 is 5.32 Å². The number of amides is 1. The molecule has 0 bridgehead atoms. The van der Waals surface area contributed by atoms with Gasteiger partial charge in [-0.05, 0) is 44.4 Å². The van der Waals surface area contributed by atoms with Gasteiger partial charge in [0.05, 0.1) is 5.75 Å². The van der Waals surface area contributed by atoms with Crippen LogP contribution in [0.4, 0.5) is 5.69 Å². The fourth-order valence-corrected chi connectivity index (χ4v) is 5.68. The van der Waals surface area contributed by atoms with Crippen molar-refractivity contribution in [1.29, 1.82) is 0 Å². The lowest BCUT2D eigenvalue weighted by Crippen LogP contribution is -2.16. The molecule has 0 unspecified atom stereocenters.